The molecule has 0 unspecified atom stereocenters. The Morgan fingerprint density at radius 3 is 2.37 bits per heavy atom. The van der Waals surface area contributed by atoms with Crippen LogP contribution in [-0.4, -0.2) is 28.9 Å². The van der Waals surface area contributed by atoms with Crippen LogP contribution in [0.5, 0.6) is 5.88 Å². The molecule has 41 heavy (non-hydrogen) atoms. The fraction of sp³-hybridized carbons (Fsp3) is 0.103. The first-order chi connectivity index (χ1) is 19.6. The van der Waals surface area contributed by atoms with Crippen molar-refractivity contribution in [2.45, 2.75) is 13.1 Å². The van der Waals surface area contributed by atoms with Crippen LogP contribution in [-0.2, 0) is 6.18 Å². The van der Waals surface area contributed by atoms with Gasteiger partial charge in [-0.15, -0.1) is 0 Å². The van der Waals surface area contributed by atoms with Crippen LogP contribution in [0.15, 0.2) is 79.0 Å². The summed E-state index contributed by atoms with van der Waals surface area (Å²) in [6.07, 6.45) is -2.94. The normalized spacial score (nSPS) is 11.2. The largest absolute Gasteiger partial charge is 0.481 e. The highest BCUT2D eigenvalue weighted by molar-refractivity contribution is 7.22. The highest BCUT2D eigenvalue weighted by atomic mass is 32.1. The van der Waals surface area contributed by atoms with Gasteiger partial charge >= 0.3 is 6.18 Å². The number of hydrogen-bond acceptors (Lipinski definition) is 7. The van der Waals surface area contributed by atoms with Crippen molar-refractivity contribution < 1.29 is 27.5 Å². The van der Waals surface area contributed by atoms with E-state index >= 15 is 0 Å². The predicted octanol–water partition coefficient (Wildman–Crippen LogP) is 7.28. The summed E-state index contributed by atoms with van der Waals surface area (Å²) in [6, 6.07) is 17.7. The van der Waals surface area contributed by atoms with E-state index < -0.39 is 17.6 Å². The Morgan fingerprint density at radius 2 is 1.63 bits per heavy atom. The maximum atomic E-state index is 13.1. The van der Waals surface area contributed by atoms with Gasteiger partial charge in [0, 0.05) is 28.6 Å². The van der Waals surface area contributed by atoms with Gasteiger partial charge in [0.05, 0.1) is 34.8 Å². The maximum absolute atomic E-state index is 13.1. The summed E-state index contributed by atoms with van der Waals surface area (Å²) in [5.41, 5.74) is 2.28. The van der Waals surface area contributed by atoms with Crippen molar-refractivity contribution in [2.24, 2.45) is 0 Å². The van der Waals surface area contributed by atoms with Crippen molar-refractivity contribution in [3.63, 3.8) is 0 Å². The molecule has 0 saturated carbocycles. The van der Waals surface area contributed by atoms with Crippen LogP contribution in [0.2, 0.25) is 0 Å². The van der Waals surface area contributed by atoms with Gasteiger partial charge in [-0.2, -0.15) is 13.2 Å². The summed E-state index contributed by atoms with van der Waals surface area (Å²) in [6.45, 7) is 1.78. The van der Waals surface area contributed by atoms with Gasteiger partial charge in [-0.3, -0.25) is 9.59 Å². The van der Waals surface area contributed by atoms with Crippen LogP contribution in [0.1, 0.15) is 31.8 Å². The van der Waals surface area contributed by atoms with E-state index in [2.05, 4.69) is 25.9 Å². The number of carbonyl (C=O) groups is 2. The van der Waals surface area contributed by atoms with E-state index in [0.29, 0.717) is 33.5 Å². The lowest BCUT2D eigenvalue weighted by Crippen LogP contribution is -2.15. The van der Waals surface area contributed by atoms with Crippen molar-refractivity contribution in [1.82, 2.24) is 9.97 Å². The molecule has 2 amide bonds. The lowest BCUT2D eigenvalue weighted by atomic mass is 10.1. The molecule has 5 rings (SSSR count). The van der Waals surface area contributed by atoms with Gasteiger partial charge in [-0.1, -0.05) is 23.5 Å². The van der Waals surface area contributed by atoms with E-state index in [1.54, 1.807) is 55.6 Å². The molecular weight excluding hydrogens is 555 g/mol. The van der Waals surface area contributed by atoms with Gasteiger partial charge in [0.15, 0.2) is 5.13 Å². The van der Waals surface area contributed by atoms with Gasteiger partial charge in [0.2, 0.25) is 5.88 Å². The Hall–Kier alpha value is -4.97. The quantitative estimate of drug-likeness (QED) is 0.188. The van der Waals surface area contributed by atoms with Crippen molar-refractivity contribution in [1.29, 1.82) is 0 Å². The molecule has 2 heterocycles. The zero-order chi connectivity index (χ0) is 29.1. The number of nitrogens with zero attached hydrogens (tertiary/aromatic N) is 2. The number of hydrogen-bond donors (Lipinski definition) is 3. The van der Waals surface area contributed by atoms with E-state index in [9.17, 15) is 22.8 Å². The molecule has 0 aliphatic heterocycles. The summed E-state index contributed by atoms with van der Waals surface area (Å²) in [5.74, 6) is -0.587. The van der Waals surface area contributed by atoms with Crippen molar-refractivity contribution in [3.05, 3.63) is 101 Å². The number of fused-ring (bicyclic) bond motifs is 1. The second kappa shape index (κ2) is 11.3. The number of aryl methyl sites for hydroxylation is 1. The number of rotatable bonds is 7. The molecule has 208 valence electrons. The first kappa shape index (κ1) is 27.6. The van der Waals surface area contributed by atoms with Crippen LogP contribution >= 0.6 is 11.3 Å². The molecular formula is C29H22F3N5O3S. The highest BCUT2D eigenvalue weighted by Gasteiger charge is 2.31. The van der Waals surface area contributed by atoms with E-state index in [4.69, 9.17) is 4.74 Å². The number of ether oxygens (including phenoxy) is 1. The van der Waals surface area contributed by atoms with Crippen molar-refractivity contribution >= 4 is 55.6 Å². The molecule has 8 nitrogen and oxygen atoms in total. The van der Waals surface area contributed by atoms with E-state index in [-0.39, 0.29) is 11.5 Å². The van der Waals surface area contributed by atoms with Gasteiger partial charge in [-0.05, 0) is 67.1 Å². The molecule has 0 radical (unpaired) electrons. The van der Waals surface area contributed by atoms with Crippen LogP contribution < -0.4 is 20.7 Å². The molecule has 3 aromatic carbocycles. The van der Waals surface area contributed by atoms with Crippen molar-refractivity contribution in [3.8, 4) is 5.88 Å². The number of benzene rings is 3. The zero-order valence-corrected chi connectivity index (χ0v) is 22.5. The summed E-state index contributed by atoms with van der Waals surface area (Å²) >= 11 is 1.37. The van der Waals surface area contributed by atoms with Gasteiger partial charge in [0.25, 0.3) is 11.8 Å². The van der Waals surface area contributed by atoms with Crippen molar-refractivity contribution in [2.75, 3.05) is 23.1 Å². The van der Waals surface area contributed by atoms with Gasteiger partial charge in [-0.25, -0.2) is 9.97 Å². The number of nitrogens with one attached hydrogen (secondary N) is 3. The zero-order valence-electron chi connectivity index (χ0n) is 21.7. The SMILES string of the molecule is COc1ccc(Nc2nc3ccc(C(=O)Nc4cc(NC(=O)c5cccc(C(F)(F)F)c5)ccc4C)cc3s2)cn1. The minimum absolute atomic E-state index is 0.138. The first-order valence-electron chi connectivity index (χ1n) is 12.2. The topological polar surface area (TPSA) is 105 Å². The van der Waals surface area contributed by atoms with Crippen LogP contribution in [0.25, 0.3) is 10.2 Å². The van der Waals surface area contributed by atoms with Crippen LogP contribution in [0.4, 0.5) is 35.4 Å². The number of aromatic nitrogens is 2. The number of carbonyl (C=O) groups excluding carboxylic acids is 2. The lowest BCUT2D eigenvalue weighted by molar-refractivity contribution is -0.137. The average Bonchev–Trinajstić information content (AvgIpc) is 3.36. The number of halogens is 3. The number of alkyl halides is 3. The third-order valence-corrected chi connectivity index (χ3v) is 6.98. The molecule has 0 bridgehead atoms. The molecule has 0 atom stereocenters. The average molecular weight is 578 g/mol. The molecule has 0 aliphatic carbocycles. The fourth-order valence-electron chi connectivity index (χ4n) is 3.89. The number of pyridine rings is 1. The Morgan fingerprint density at radius 1 is 0.878 bits per heavy atom. The lowest BCUT2D eigenvalue weighted by Gasteiger charge is -2.13. The third kappa shape index (κ3) is 6.44. The molecule has 0 saturated heterocycles. The summed E-state index contributed by atoms with van der Waals surface area (Å²) < 4.78 is 45.0. The van der Waals surface area contributed by atoms with E-state index in [1.807, 2.05) is 6.07 Å². The Balaban J connectivity index is 1.29. The van der Waals surface area contributed by atoms with Gasteiger partial charge in [0.1, 0.15) is 0 Å². The van der Waals surface area contributed by atoms with Crippen LogP contribution in [0, 0.1) is 6.92 Å². The van der Waals surface area contributed by atoms with Crippen LogP contribution in [0.3, 0.4) is 0 Å². The number of methoxy groups -OCH3 is 1. The number of thiazole rings is 1. The summed E-state index contributed by atoms with van der Waals surface area (Å²) in [5, 5.41) is 9.24. The summed E-state index contributed by atoms with van der Waals surface area (Å²) in [7, 11) is 1.54. The van der Waals surface area contributed by atoms with E-state index in [0.717, 1.165) is 28.1 Å². The molecule has 5 aromatic rings. The first-order valence-corrected chi connectivity index (χ1v) is 13.0. The molecule has 3 N–H and O–H groups in total. The highest BCUT2D eigenvalue weighted by Crippen LogP contribution is 2.31. The van der Waals surface area contributed by atoms with Gasteiger partial charge < -0.3 is 20.7 Å². The molecule has 0 fully saturated rings. The van der Waals surface area contributed by atoms with E-state index in [1.165, 1.54) is 30.6 Å². The number of anilines is 4. The predicted molar refractivity (Wildman–Crippen MR) is 152 cm³/mol. The maximum Gasteiger partial charge on any atom is 0.416 e. The standard InChI is InChI=1S/C29H22F3N5O3S/c1-16-6-8-20(34-26(38)17-4-3-5-19(12-17)29(30,31)32)14-23(16)36-27(39)18-7-10-22-24(13-18)41-28(37-22)35-21-9-11-25(40-2)33-15-21/h3-15H,1-2H3,(H,34,38)(H,35,37)(H,36,39). The Kier molecular flexibility index (Phi) is 7.58. The molecule has 2 aromatic heterocycles. The molecule has 0 spiro atoms. The Labute approximate surface area is 236 Å². The minimum Gasteiger partial charge on any atom is -0.481 e. The smallest absolute Gasteiger partial charge is 0.416 e. The third-order valence-electron chi connectivity index (χ3n) is 6.04. The minimum atomic E-state index is -4.56. The second-order valence-electron chi connectivity index (χ2n) is 8.93. The Bertz CT molecular complexity index is 1750. The second-order valence-corrected chi connectivity index (χ2v) is 9.96. The number of amides is 2. The molecule has 0 aliphatic rings. The fourth-order valence-corrected chi connectivity index (χ4v) is 4.81. The summed E-state index contributed by atoms with van der Waals surface area (Å²) in [4.78, 5) is 34.4. The molecule has 12 heteroatoms. The monoisotopic (exact) mass is 577 g/mol.